The molecule has 2 heterocycles. The van der Waals surface area contributed by atoms with Gasteiger partial charge in [0.15, 0.2) is 11.5 Å². The summed E-state index contributed by atoms with van der Waals surface area (Å²) < 4.78 is 19.8. The van der Waals surface area contributed by atoms with Crippen LogP contribution in [0.2, 0.25) is 5.02 Å². The molecule has 1 unspecified atom stereocenters. The lowest BCUT2D eigenvalue weighted by Crippen LogP contribution is -2.30. The molecule has 11 heteroatoms. The molecule has 0 saturated carbocycles. The molecule has 1 atom stereocenters. The predicted molar refractivity (Wildman–Crippen MR) is 139 cm³/mol. The van der Waals surface area contributed by atoms with Crippen molar-refractivity contribution in [3.8, 4) is 11.5 Å². The number of fused-ring (bicyclic) bond motifs is 1. The summed E-state index contributed by atoms with van der Waals surface area (Å²) in [5, 5.41) is 15.7. The second-order valence-electron chi connectivity index (χ2n) is 8.15. The van der Waals surface area contributed by atoms with E-state index in [4.69, 9.17) is 25.8 Å². The Morgan fingerprint density at radius 1 is 1.22 bits per heavy atom. The molecule has 0 bridgehead atoms. The Kier molecular flexibility index (Phi) is 8.48. The van der Waals surface area contributed by atoms with Gasteiger partial charge in [-0.25, -0.2) is 4.79 Å². The predicted octanol–water partition coefficient (Wildman–Crippen LogP) is 5.70. The number of carbonyl (C=O) groups excluding carboxylic acids is 1. The monoisotopic (exact) mass is 575 g/mol. The molecule has 1 N–H and O–H groups in total. The Bertz CT molecular complexity index is 1280. The van der Waals surface area contributed by atoms with Gasteiger partial charge in [0.1, 0.15) is 12.6 Å². The fraction of sp³-hybridized carbons (Fsp3) is 0.360. The minimum Gasteiger partial charge on any atom is -0.490 e. The molecule has 0 radical (unpaired) electrons. The van der Waals surface area contributed by atoms with Gasteiger partial charge < -0.3 is 19.5 Å². The van der Waals surface area contributed by atoms with E-state index in [9.17, 15) is 4.79 Å². The molecule has 2 aromatic carbocycles. The topological polar surface area (TPSA) is 100 Å². The zero-order valence-electron chi connectivity index (χ0n) is 20.3. The van der Waals surface area contributed by atoms with Crippen molar-refractivity contribution in [1.82, 2.24) is 20.2 Å². The Balaban J connectivity index is 1.73. The minimum absolute atomic E-state index is 0.260. The first-order valence-corrected chi connectivity index (χ1v) is 12.9. The molecule has 0 saturated heterocycles. The minimum atomic E-state index is -0.626. The Labute approximate surface area is 222 Å². The number of hydrogen-bond acceptors (Lipinski definition) is 8. The number of esters is 1. The van der Waals surface area contributed by atoms with E-state index in [1.54, 1.807) is 11.6 Å². The number of tetrazole rings is 1. The van der Waals surface area contributed by atoms with Crippen LogP contribution in [0.25, 0.3) is 0 Å². The fourth-order valence-corrected chi connectivity index (χ4v) is 4.65. The molecule has 0 amide bonds. The van der Waals surface area contributed by atoms with Gasteiger partial charge in [0, 0.05) is 16.3 Å². The number of nitrogens with zero attached hydrogens (tertiary/aromatic N) is 4. The Morgan fingerprint density at radius 3 is 2.78 bits per heavy atom. The summed E-state index contributed by atoms with van der Waals surface area (Å²) >= 11 is 9.93. The highest BCUT2D eigenvalue weighted by molar-refractivity contribution is 9.10. The van der Waals surface area contributed by atoms with Gasteiger partial charge in [-0.05, 0) is 70.4 Å². The van der Waals surface area contributed by atoms with Crippen LogP contribution in [0.1, 0.15) is 50.8 Å². The standard InChI is InChI=1S/C25H27BrClN5O4/c1-4-6-11-35-24(33)21-15(3)28-25-29-30-31-32(25)22(21)17-12-18(26)23(20(13-17)34-5-2)36-14-16-9-7-8-10-19(16)27/h7-10,12-13,22H,4-6,11,14H2,1-3H3,(H,28,29,31). The zero-order valence-corrected chi connectivity index (χ0v) is 22.6. The molecule has 4 rings (SSSR count). The summed E-state index contributed by atoms with van der Waals surface area (Å²) in [5.41, 5.74) is 2.62. The van der Waals surface area contributed by atoms with Crippen molar-refractivity contribution in [3.63, 3.8) is 0 Å². The van der Waals surface area contributed by atoms with Crippen LogP contribution in [0.5, 0.6) is 11.5 Å². The third-order valence-corrected chi connectivity index (χ3v) is 6.60. The van der Waals surface area contributed by atoms with Gasteiger partial charge in [-0.15, -0.1) is 0 Å². The van der Waals surface area contributed by atoms with Gasteiger partial charge in [0.25, 0.3) is 0 Å². The number of nitrogens with one attached hydrogen (secondary N) is 1. The summed E-state index contributed by atoms with van der Waals surface area (Å²) in [4.78, 5) is 13.2. The van der Waals surface area contributed by atoms with Gasteiger partial charge in [-0.2, -0.15) is 4.68 Å². The second kappa shape index (κ2) is 11.7. The number of ether oxygens (including phenoxy) is 3. The van der Waals surface area contributed by atoms with E-state index in [0.717, 1.165) is 24.0 Å². The van der Waals surface area contributed by atoms with Crippen LogP contribution in [0.3, 0.4) is 0 Å². The SMILES string of the molecule is CCCCOC(=O)C1=C(C)Nc2nnnn2C1c1cc(Br)c(OCc2ccccc2Cl)c(OCC)c1. The van der Waals surface area contributed by atoms with Crippen molar-refractivity contribution < 1.29 is 19.0 Å². The van der Waals surface area contributed by atoms with Crippen LogP contribution in [0, 0.1) is 0 Å². The normalized spacial score (nSPS) is 14.8. The second-order valence-corrected chi connectivity index (χ2v) is 9.41. The van der Waals surface area contributed by atoms with E-state index in [1.807, 2.05) is 50.2 Å². The van der Waals surface area contributed by atoms with Crippen molar-refractivity contribution in [3.05, 3.63) is 68.3 Å². The number of allylic oxidation sites excluding steroid dienone is 1. The first-order chi connectivity index (χ1) is 17.4. The third-order valence-electron chi connectivity index (χ3n) is 5.64. The lowest BCUT2D eigenvalue weighted by molar-refractivity contribution is -0.139. The van der Waals surface area contributed by atoms with Crippen molar-refractivity contribution in [2.45, 2.75) is 46.3 Å². The number of benzene rings is 2. The molecule has 3 aromatic rings. The highest BCUT2D eigenvalue weighted by Gasteiger charge is 2.36. The fourth-order valence-electron chi connectivity index (χ4n) is 3.89. The number of halogens is 2. The molecule has 1 aliphatic heterocycles. The zero-order chi connectivity index (χ0) is 25.7. The van der Waals surface area contributed by atoms with Gasteiger partial charge in [0.05, 0.1) is 23.3 Å². The van der Waals surface area contributed by atoms with E-state index in [0.29, 0.717) is 51.4 Å². The molecule has 0 spiro atoms. The van der Waals surface area contributed by atoms with E-state index in [2.05, 4.69) is 36.8 Å². The molecular formula is C25H27BrClN5O4. The number of carbonyl (C=O) groups is 1. The maximum atomic E-state index is 13.2. The first-order valence-electron chi connectivity index (χ1n) is 11.7. The van der Waals surface area contributed by atoms with Crippen LogP contribution in [0.15, 0.2) is 52.1 Å². The molecular weight excluding hydrogens is 550 g/mol. The lowest BCUT2D eigenvalue weighted by atomic mass is 9.95. The van der Waals surface area contributed by atoms with Crippen molar-refractivity contribution in [1.29, 1.82) is 0 Å². The van der Waals surface area contributed by atoms with Crippen LogP contribution in [-0.2, 0) is 16.1 Å². The average Bonchev–Trinajstić information content (AvgIpc) is 3.31. The molecule has 1 aliphatic rings. The molecule has 0 aliphatic carbocycles. The lowest BCUT2D eigenvalue weighted by Gasteiger charge is -2.28. The summed E-state index contributed by atoms with van der Waals surface area (Å²) in [6.07, 6.45) is 1.70. The Morgan fingerprint density at radius 2 is 2.03 bits per heavy atom. The van der Waals surface area contributed by atoms with E-state index in [-0.39, 0.29) is 6.61 Å². The summed E-state index contributed by atoms with van der Waals surface area (Å²) in [6, 6.07) is 10.6. The van der Waals surface area contributed by atoms with E-state index in [1.165, 1.54) is 0 Å². The number of aromatic nitrogens is 4. The highest BCUT2D eigenvalue weighted by Crippen LogP contribution is 2.43. The number of unbranched alkanes of at least 4 members (excludes halogenated alkanes) is 1. The first kappa shape index (κ1) is 26.0. The number of anilines is 1. The van der Waals surface area contributed by atoms with Gasteiger partial charge in [-0.3, -0.25) is 0 Å². The van der Waals surface area contributed by atoms with Gasteiger partial charge in [0.2, 0.25) is 5.95 Å². The van der Waals surface area contributed by atoms with Crippen LogP contribution in [0.4, 0.5) is 5.95 Å². The summed E-state index contributed by atoms with van der Waals surface area (Å²) in [5.74, 6) is 1.04. The average molecular weight is 577 g/mol. The summed E-state index contributed by atoms with van der Waals surface area (Å²) in [6.45, 7) is 6.75. The number of hydrogen-bond donors (Lipinski definition) is 1. The molecule has 1 aromatic heterocycles. The summed E-state index contributed by atoms with van der Waals surface area (Å²) in [7, 11) is 0. The van der Waals surface area contributed by atoms with Gasteiger partial charge in [-0.1, -0.05) is 48.2 Å². The quantitative estimate of drug-likeness (QED) is 0.242. The molecule has 9 nitrogen and oxygen atoms in total. The highest BCUT2D eigenvalue weighted by atomic mass is 79.9. The van der Waals surface area contributed by atoms with E-state index >= 15 is 0 Å². The van der Waals surface area contributed by atoms with Crippen molar-refractivity contribution in [2.75, 3.05) is 18.5 Å². The Hall–Kier alpha value is -3.11. The number of rotatable bonds is 10. The maximum Gasteiger partial charge on any atom is 0.338 e. The van der Waals surface area contributed by atoms with Crippen molar-refractivity contribution in [2.24, 2.45) is 0 Å². The largest absolute Gasteiger partial charge is 0.490 e. The smallest absolute Gasteiger partial charge is 0.338 e. The van der Waals surface area contributed by atoms with Crippen LogP contribution in [-0.4, -0.2) is 39.4 Å². The van der Waals surface area contributed by atoms with Crippen LogP contribution >= 0.6 is 27.5 Å². The maximum absolute atomic E-state index is 13.2. The molecule has 0 fully saturated rings. The van der Waals surface area contributed by atoms with Crippen molar-refractivity contribution >= 4 is 39.4 Å². The molecule has 190 valence electrons. The van der Waals surface area contributed by atoms with Crippen LogP contribution < -0.4 is 14.8 Å². The van der Waals surface area contributed by atoms with Gasteiger partial charge >= 0.3 is 5.97 Å². The molecule has 36 heavy (non-hydrogen) atoms. The van der Waals surface area contributed by atoms with E-state index < -0.39 is 12.0 Å². The third kappa shape index (κ3) is 5.49.